The third kappa shape index (κ3) is 5.71. The molecular formula is C22H23N3O3. The highest BCUT2D eigenvalue weighted by Gasteiger charge is 2.13. The molecule has 0 bridgehead atoms. The highest BCUT2D eigenvalue weighted by Crippen LogP contribution is 2.16. The summed E-state index contributed by atoms with van der Waals surface area (Å²) in [7, 11) is 3.85. The van der Waals surface area contributed by atoms with Gasteiger partial charge < -0.3 is 15.0 Å². The van der Waals surface area contributed by atoms with Crippen molar-refractivity contribution in [2.75, 3.05) is 30.9 Å². The van der Waals surface area contributed by atoms with E-state index < -0.39 is 18.5 Å². The van der Waals surface area contributed by atoms with Crippen LogP contribution < -0.4 is 10.2 Å². The predicted molar refractivity (Wildman–Crippen MR) is 110 cm³/mol. The monoisotopic (exact) mass is 377 g/mol. The summed E-state index contributed by atoms with van der Waals surface area (Å²) in [5, 5.41) is 11.9. The molecule has 0 aromatic heterocycles. The zero-order valence-corrected chi connectivity index (χ0v) is 16.4. The number of rotatable bonds is 6. The smallest absolute Gasteiger partial charge is 0.349 e. The number of amides is 1. The van der Waals surface area contributed by atoms with Crippen LogP contribution in [0.5, 0.6) is 0 Å². The summed E-state index contributed by atoms with van der Waals surface area (Å²) >= 11 is 0. The molecule has 144 valence electrons. The van der Waals surface area contributed by atoms with Gasteiger partial charge in [0.15, 0.2) is 6.61 Å². The average molecular weight is 377 g/mol. The zero-order chi connectivity index (χ0) is 20.7. The van der Waals surface area contributed by atoms with Crippen LogP contribution in [0.1, 0.15) is 16.7 Å². The summed E-state index contributed by atoms with van der Waals surface area (Å²) in [6.45, 7) is 3.46. The molecule has 6 heteroatoms. The van der Waals surface area contributed by atoms with E-state index in [0.717, 1.165) is 16.8 Å². The molecule has 0 aliphatic heterocycles. The normalized spacial score (nSPS) is 10.8. The first-order valence-corrected chi connectivity index (χ1v) is 8.73. The number of nitrogens with one attached hydrogen (secondary N) is 1. The maximum atomic E-state index is 12.1. The minimum Gasteiger partial charge on any atom is -0.451 e. The van der Waals surface area contributed by atoms with Crippen molar-refractivity contribution < 1.29 is 14.3 Å². The van der Waals surface area contributed by atoms with Gasteiger partial charge in [0.1, 0.15) is 11.6 Å². The summed E-state index contributed by atoms with van der Waals surface area (Å²) in [5.74, 6) is -1.31. The first kappa shape index (κ1) is 20.7. The van der Waals surface area contributed by atoms with Crippen molar-refractivity contribution >= 4 is 29.3 Å². The van der Waals surface area contributed by atoms with Crippen LogP contribution in [-0.2, 0) is 14.3 Å². The highest BCUT2D eigenvalue weighted by molar-refractivity contribution is 6.00. The van der Waals surface area contributed by atoms with Crippen molar-refractivity contribution in [3.63, 3.8) is 0 Å². The Hall–Kier alpha value is -3.59. The van der Waals surface area contributed by atoms with Crippen LogP contribution in [-0.4, -0.2) is 32.6 Å². The Morgan fingerprint density at radius 3 is 2.36 bits per heavy atom. The molecule has 0 saturated heterocycles. The van der Waals surface area contributed by atoms with Gasteiger partial charge in [-0.05, 0) is 60.9 Å². The second-order valence-electron chi connectivity index (χ2n) is 6.58. The molecule has 0 unspecified atom stereocenters. The molecule has 0 heterocycles. The summed E-state index contributed by atoms with van der Waals surface area (Å²) in [6, 6.07) is 14.7. The number of esters is 1. The lowest BCUT2D eigenvalue weighted by molar-refractivity contribution is -0.142. The van der Waals surface area contributed by atoms with E-state index in [0.29, 0.717) is 11.3 Å². The van der Waals surface area contributed by atoms with Crippen molar-refractivity contribution in [3.8, 4) is 6.07 Å². The number of hydrogen-bond acceptors (Lipinski definition) is 5. The van der Waals surface area contributed by atoms with Gasteiger partial charge in [-0.3, -0.25) is 4.79 Å². The fourth-order valence-electron chi connectivity index (χ4n) is 2.40. The molecule has 2 aromatic rings. The fourth-order valence-corrected chi connectivity index (χ4v) is 2.40. The first-order chi connectivity index (χ1) is 13.3. The molecule has 0 saturated carbocycles. The molecule has 1 amide bonds. The van der Waals surface area contributed by atoms with Crippen molar-refractivity contribution in [2.45, 2.75) is 13.8 Å². The number of ether oxygens (including phenoxy) is 1. The van der Waals surface area contributed by atoms with Crippen molar-refractivity contribution in [3.05, 3.63) is 64.7 Å². The minimum absolute atomic E-state index is 0.170. The molecule has 0 spiro atoms. The van der Waals surface area contributed by atoms with E-state index in [1.54, 1.807) is 18.2 Å². The second-order valence-corrected chi connectivity index (χ2v) is 6.58. The van der Waals surface area contributed by atoms with E-state index in [2.05, 4.69) is 5.32 Å². The number of anilines is 2. The van der Waals surface area contributed by atoms with Gasteiger partial charge in [-0.1, -0.05) is 18.2 Å². The fraction of sp³-hybridized carbons (Fsp3) is 0.227. The number of carbonyl (C=O) groups is 2. The standard InChI is InChI=1S/C22H23N3O3/c1-15-5-8-19(11-16(15)2)24-21(26)14-28-22(27)18(13-23)12-17-6-9-20(10-7-17)25(3)4/h5-12H,14H2,1-4H3,(H,24,26)/b18-12+. The van der Waals surface area contributed by atoms with E-state index in [1.165, 1.54) is 6.08 Å². The van der Waals surface area contributed by atoms with Gasteiger partial charge in [0.25, 0.3) is 5.91 Å². The van der Waals surface area contributed by atoms with E-state index in [9.17, 15) is 14.9 Å². The summed E-state index contributed by atoms with van der Waals surface area (Å²) in [5.41, 5.74) is 4.31. The molecule has 0 atom stereocenters. The summed E-state index contributed by atoms with van der Waals surface area (Å²) < 4.78 is 4.97. The maximum Gasteiger partial charge on any atom is 0.349 e. The maximum absolute atomic E-state index is 12.1. The Labute approximate surface area is 165 Å². The molecule has 2 aromatic carbocycles. The van der Waals surface area contributed by atoms with Gasteiger partial charge >= 0.3 is 5.97 Å². The number of nitrogens with zero attached hydrogens (tertiary/aromatic N) is 2. The molecule has 0 aliphatic carbocycles. The average Bonchev–Trinajstić information content (AvgIpc) is 2.67. The Morgan fingerprint density at radius 2 is 1.79 bits per heavy atom. The summed E-state index contributed by atoms with van der Waals surface area (Å²) in [6.07, 6.45) is 1.43. The predicted octanol–water partition coefficient (Wildman–Crippen LogP) is 3.46. The molecular weight excluding hydrogens is 354 g/mol. The van der Waals surface area contributed by atoms with Gasteiger partial charge in [0, 0.05) is 25.5 Å². The third-order valence-corrected chi connectivity index (χ3v) is 4.19. The first-order valence-electron chi connectivity index (χ1n) is 8.73. The molecule has 0 radical (unpaired) electrons. The van der Waals surface area contributed by atoms with E-state index in [4.69, 9.17) is 4.74 Å². The van der Waals surface area contributed by atoms with Crippen molar-refractivity contribution in [1.82, 2.24) is 0 Å². The van der Waals surface area contributed by atoms with Crippen molar-refractivity contribution in [2.24, 2.45) is 0 Å². The topological polar surface area (TPSA) is 82.4 Å². The quantitative estimate of drug-likeness (QED) is 0.474. The van der Waals surface area contributed by atoms with Crippen LogP contribution in [0.25, 0.3) is 6.08 Å². The number of benzene rings is 2. The van der Waals surface area contributed by atoms with Crippen LogP contribution in [0.2, 0.25) is 0 Å². The Kier molecular flexibility index (Phi) is 6.94. The molecule has 0 aliphatic rings. The van der Waals surface area contributed by atoms with E-state index in [-0.39, 0.29) is 5.57 Å². The second kappa shape index (κ2) is 9.38. The van der Waals surface area contributed by atoms with Gasteiger partial charge in [-0.15, -0.1) is 0 Å². The van der Waals surface area contributed by atoms with Gasteiger partial charge in [-0.25, -0.2) is 4.79 Å². The third-order valence-electron chi connectivity index (χ3n) is 4.19. The van der Waals surface area contributed by atoms with Crippen LogP contribution in [0.3, 0.4) is 0 Å². The molecule has 28 heavy (non-hydrogen) atoms. The molecule has 2 rings (SSSR count). The SMILES string of the molecule is Cc1ccc(NC(=O)COC(=O)/C(C#N)=C/c2ccc(N(C)C)cc2)cc1C. The number of carbonyl (C=O) groups excluding carboxylic acids is 2. The van der Waals surface area contributed by atoms with Gasteiger partial charge in [0.05, 0.1) is 0 Å². The Balaban J connectivity index is 1.96. The molecule has 1 N–H and O–H groups in total. The van der Waals surface area contributed by atoms with Crippen LogP contribution >= 0.6 is 0 Å². The van der Waals surface area contributed by atoms with E-state index >= 15 is 0 Å². The number of aryl methyl sites for hydroxylation is 2. The van der Waals surface area contributed by atoms with Crippen LogP contribution in [0, 0.1) is 25.2 Å². The number of nitriles is 1. The molecule has 6 nitrogen and oxygen atoms in total. The Bertz CT molecular complexity index is 938. The lowest BCUT2D eigenvalue weighted by atomic mass is 10.1. The molecule has 0 fully saturated rings. The van der Waals surface area contributed by atoms with Crippen LogP contribution in [0.15, 0.2) is 48.0 Å². The number of hydrogen-bond donors (Lipinski definition) is 1. The lowest BCUT2D eigenvalue weighted by Gasteiger charge is -2.11. The van der Waals surface area contributed by atoms with E-state index in [1.807, 2.05) is 63.2 Å². The highest BCUT2D eigenvalue weighted by atomic mass is 16.5. The lowest BCUT2D eigenvalue weighted by Crippen LogP contribution is -2.21. The Morgan fingerprint density at radius 1 is 1.11 bits per heavy atom. The van der Waals surface area contributed by atoms with Gasteiger partial charge in [-0.2, -0.15) is 5.26 Å². The van der Waals surface area contributed by atoms with Crippen LogP contribution in [0.4, 0.5) is 11.4 Å². The summed E-state index contributed by atoms with van der Waals surface area (Å²) in [4.78, 5) is 26.0. The minimum atomic E-state index is -0.838. The van der Waals surface area contributed by atoms with Crippen molar-refractivity contribution in [1.29, 1.82) is 5.26 Å². The zero-order valence-electron chi connectivity index (χ0n) is 16.4. The van der Waals surface area contributed by atoms with Gasteiger partial charge in [0.2, 0.25) is 0 Å². The largest absolute Gasteiger partial charge is 0.451 e.